The van der Waals surface area contributed by atoms with E-state index >= 15 is 0 Å². The second-order valence-corrected chi connectivity index (χ2v) is 7.83. The van der Waals surface area contributed by atoms with Gasteiger partial charge >= 0.3 is 0 Å². The van der Waals surface area contributed by atoms with E-state index in [1.807, 2.05) is 0 Å². The fourth-order valence-corrected chi connectivity index (χ4v) is 3.96. The highest BCUT2D eigenvalue weighted by molar-refractivity contribution is 6.46. The largest absolute Gasteiger partial charge is 0.507 e. The zero-order chi connectivity index (χ0) is 23.5. The van der Waals surface area contributed by atoms with Crippen molar-refractivity contribution in [1.29, 1.82) is 0 Å². The van der Waals surface area contributed by atoms with Gasteiger partial charge in [-0.3, -0.25) is 14.6 Å². The molecule has 1 aliphatic heterocycles. The smallest absolute Gasteiger partial charge is 0.295 e. The lowest BCUT2D eigenvalue weighted by molar-refractivity contribution is -0.140. The summed E-state index contributed by atoms with van der Waals surface area (Å²) in [4.78, 5) is 31.6. The van der Waals surface area contributed by atoms with Gasteiger partial charge in [0.2, 0.25) is 0 Å². The molecule has 3 aromatic rings. The standard InChI is InChI=1S/C25H20ClFN2O4/c1-2-33-20-12-16(7-10-19(20)26)23(30)21-22(17-4-3-11-28-13-17)29(25(32)24(21)31)14-15-5-8-18(27)9-6-15/h3-13,22,30H,2,14H2,1H3/b23-21-. The molecule has 0 saturated carbocycles. The summed E-state index contributed by atoms with van der Waals surface area (Å²) in [5.74, 6) is -1.99. The van der Waals surface area contributed by atoms with E-state index in [2.05, 4.69) is 4.98 Å². The van der Waals surface area contributed by atoms with Gasteiger partial charge in [0.25, 0.3) is 11.7 Å². The Bertz CT molecular complexity index is 1230. The average Bonchev–Trinajstić information content (AvgIpc) is 3.07. The van der Waals surface area contributed by atoms with Crippen LogP contribution in [0.1, 0.15) is 29.7 Å². The topological polar surface area (TPSA) is 79.7 Å². The quantitative estimate of drug-likeness (QED) is 0.318. The zero-order valence-electron chi connectivity index (χ0n) is 17.7. The predicted molar refractivity (Wildman–Crippen MR) is 121 cm³/mol. The van der Waals surface area contributed by atoms with Gasteiger partial charge < -0.3 is 14.7 Å². The van der Waals surface area contributed by atoms with Gasteiger partial charge in [-0.15, -0.1) is 0 Å². The molecule has 168 valence electrons. The number of benzene rings is 2. The minimum absolute atomic E-state index is 0.0476. The Labute approximate surface area is 194 Å². The Morgan fingerprint density at radius 1 is 1.18 bits per heavy atom. The number of rotatable bonds is 6. The minimum atomic E-state index is -0.880. The summed E-state index contributed by atoms with van der Waals surface area (Å²) >= 11 is 6.15. The second-order valence-electron chi connectivity index (χ2n) is 7.42. The van der Waals surface area contributed by atoms with Crippen LogP contribution in [-0.2, 0) is 16.1 Å². The van der Waals surface area contributed by atoms with Crippen molar-refractivity contribution in [3.8, 4) is 5.75 Å². The third-order valence-corrected chi connectivity index (χ3v) is 5.62. The lowest BCUT2D eigenvalue weighted by Gasteiger charge is -2.25. The number of hydrogen-bond acceptors (Lipinski definition) is 5. The minimum Gasteiger partial charge on any atom is -0.507 e. The number of hydrogen-bond donors (Lipinski definition) is 1. The van der Waals surface area contributed by atoms with Crippen LogP contribution in [0.5, 0.6) is 5.75 Å². The number of halogens is 2. The summed E-state index contributed by atoms with van der Waals surface area (Å²) in [5, 5.41) is 11.5. The maximum atomic E-state index is 13.3. The fourth-order valence-electron chi connectivity index (χ4n) is 3.79. The Kier molecular flexibility index (Phi) is 6.42. The van der Waals surface area contributed by atoms with E-state index in [1.54, 1.807) is 49.5 Å². The van der Waals surface area contributed by atoms with Crippen LogP contribution >= 0.6 is 11.6 Å². The summed E-state index contributed by atoms with van der Waals surface area (Å²) in [6.45, 7) is 2.21. The monoisotopic (exact) mass is 466 g/mol. The van der Waals surface area contributed by atoms with Gasteiger partial charge in [-0.05, 0) is 54.4 Å². The Morgan fingerprint density at radius 2 is 1.94 bits per heavy atom. The Balaban J connectivity index is 1.83. The number of nitrogens with zero attached hydrogens (tertiary/aromatic N) is 2. The van der Waals surface area contributed by atoms with Gasteiger partial charge in [0.05, 0.1) is 23.2 Å². The third kappa shape index (κ3) is 4.45. The van der Waals surface area contributed by atoms with Crippen LogP contribution in [0.15, 0.2) is 72.6 Å². The summed E-state index contributed by atoms with van der Waals surface area (Å²) < 4.78 is 18.8. The van der Waals surface area contributed by atoms with Crippen LogP contribution in [0.4, 0.5) is 4.39 Å². The van der Waals surface area contributed by atoms with E-state index in [0.29, 0.717) is 28.5 Å². The van der Waals surface area contributed by atoms with Crippen LogP contribution in [0.25, 0.3) is 5.76 Å². The van der Waals surface area contributed by atoms with Crippen molar-refractivity contribution < 1.29 is 23.8 Å². The molecule has 4 rings (SSSR count). The summed E-state index contributed by atoms with van der Waals surface area (Å²) in [6, 6.07) is 12.8. The molecule has 1 saturated heterocycles. The molecule has 1 amide bonds. The van der Waals surface area contributed by atoms with E-state index < -0.39 is 23.5 Å². The molecule has 0 bridgehead atoms. The summed E-state index contributed by atoms with van der Waals surface area (Å²) in [5.41, 5.74) is 1.41. The van der Waals surface area contributed by atoms with Crippen molar-refractivity contribution in [1.82, 2.24) is 9.88 Å². The Morgan fingerprint density at radius 3 is 2.61 bits per heavy atom. The van der Waals surface area contributed by atoms with E-state index in [-0.39, 0.29) is 23.4 Å². The lowest BCUT2D eigenvalue weighted by atomic mass is 9.96. The van der Waals surface area contributed by atoms with Crippen molar-refractivity contribution in [3.63, 3.8) is 0 Å². The lowest BCUT2D eigenvalue weighted by Crippen LogP contribution is -2.29. The molecule has 2 aromatic carbocycles. The number of aromatic nitrogens is 1. The highest BCUT2D eigenvalue weighted by atomic mass is 35.5. The number of carbonyl (C=O) groups is 2. The molecule has 0 spiro atoms. The first-order chi connectivity index (χ1) is 15.9. The van der Waals surface area contributed by atoms with Crippen LogP contribution in [0, 0.1) is 5.82 Å². The van der Waals surface area contributed by atoms with E-state index in [1.165, 1.54) is 29.3 Å². The van der Waals surface area contributed by atoms with Crippen molar-refractivity contribution in [2.45, 2.75) is 19.5 Å². The van der Waals surface area contributed by atoms with Crippen molar-refractivity contribution in [2.24, 2.45) is 0 Å². The van der Waals surface area contributed by atoms with Crippen molar-refractivity contribution in [3.05, 3.63) is 100 Å². The molecule has 1 N–H and O–H groups in total. The number of aliphatic hydroxyl groups is 1. The zero-order valence-corrected chi connectivity index (χ0v) is 18.4. The first-order valence-corrected chi connectivity index (χ1v) is 10.6. The number of amides is 1. The first kappa shape index (κ1) is 22.5. The molecule has 1 aliphatic rings. The van der Waals surface area contributed by atoms with Gasteiger partial charge in [0.1, 0.15) is 17.3 Å². The van der Waals surface area contributed by atoms with Crippen molar-refractivity contribution >= 4 is 29.1 Å². The molecule has 1 aromatic heterocycles. The van der Waals surface area contributed by atoms with E-state index in [0.717, 1.165) is 0 Å². The first-order valence-electron chi connectivity index (χ1n) is 10.3. The Hall–Kier alpha value is -3.71. The normalized spacial score (nSPS) is 17.4. The number of likely N-dealkylation sites (tertiary alicyclic amines) is 1. The molecule has 33 heavy (non-hydrogen) atoms. The van der Waals surface area contributed by atoms with Gasteiger partial charge in [0, 0.05) is 24.5 Å². The number of ketones is 1. The molecule has 6 nitrogen and oxygen atoms in total. The van der Waals surface area contributed by atoms with Gasteiger partial charge in [-0.2, -0.15) is 0 Å². The maximum Gasteiger partial charge on any atom is 0.295 e. The summed E-state index contributed by atoms with van der Waals surface area (Å²) in [7, 11) is 0. The summed E-state index contributed by atoms with van der Waals surface area (Å²) in [6.07, 6.45) is 3.11. The van der Waals surface area contributed by atoms with Gasteiger partial charge in [0.15, 0.2) is 0 Å². The molecule has 8 heteroatoms. The van der Waals surface area contributed by atoms with E-state index in [4.69, 9.17) is 16.3 Å². The van der Waals surface area contributed by atoms with Crippen molar-refractivity contribution in [2.75, 3.05) is 6.61 Å². The fraction of sp³-hybridized carbons (Fsp3) is 0.160. The second kappa shape index (κ2) is 9.42. The predicted octanol–water partition coefficient (Wildman–Crippen LogP) is 4.89. The van der Waals surface area contributed by atoms with Crippen LogP contribution in [-0.4, -0.2) is 33.3 Å². The van der Waals surface area contributed by atoms with Gasteiger partial charge in [-0.1, -0.05) is 29.8 Å². The number of pyridine rings is 1. The highest BCUT2D eigenvalue weighted by Crippen LogP contribution is 2.40. The highest BCUT2D eigenvalue weighted by Gasteiger charge is 2.46. The molecule has 1 fully saturated rings. The van der Waals surface area contributed by atoms with Gasteiger partial charge in [-0.25, -0.2) is 4.39 Å². The van der Waals surface area contributed by atoms with Crippen LogP contribution in [0.2, 0.25) is 5.02 Å². The molecule has 0 radical (unpaired) electrons. The SMILES string of the molecule is CCOc1cc(/C(O)=C2/C(=O)C(=O)N(Cc3ccc(F)cc3)C2c2cccnc2)ccc1Cl. The van der Waals surface area contributed by atoms with E-state index in [9.17, 15) is 19.1 Å². The number of aliphatic hydroxyl groups excluding tert-OH is 1. The van der Waals surface area contributed by atoms with Crippen LogP contribution in [0.3, 0.4) is 0 Å². The molecule has 2 heterocycles. The third-order valence-electron chi connectivity index (χ3n) is 5.31. The molecule has 1 unspecified atom stereocenters. The number of carbonyl (C=O) groups excluding carboxylic acids is 2. The molecular weight excluding hydrogens is 447 g/mol. The number of Topliss-reactive ketones (excluding diaryl/α,β-unsaturated/α-hetero) is 1. The maximum absolute atomic E-state index is 13.3. The van der Waals surface area contributed by atoms with Crippen LogP contribution < -0.4 is 4.74 Å². The average molecular weight is 467 g/mol. The molecule has 1 atom stereocenters. The molecular formula is C25H20ClFN2O4. The molecule has 0 aliphatic carbocycles. The number of ether oxygens (including phenoxy) is 1.